The number of hydrogen-bond acceptors (Lipinski definition) is 3. The Labute approximate surface area is 135 Å². The molecular weight excluding hydrogens is 292 g/mol. The molecular formula is C18H22N2O3. The van der Waals surface area contributed by atoms with Gasteiger partial charge in [0.2, 0.25) is 11.5 Å². The van der Waals surface area contributed by atoms with Crippen LogP contribution in [0.1, 0.15) is 32.6 Å². The standard InChI is InChI=1S/C18H22N2O3/c1-2-20(14-6-7-14)18(22)4-3-11-23-15-8-9-16-13(12-15)5-10-17(21)19-16/h5,8-10,12,14H,2-4,6-7,11H2,1H3,(H,19,21). The van der Waals surface area contributed by atoms with Gasteiger partial charge in [-0.1, -0.05) is 0 Å². The molecule has 1 aliphatic carbocycles. The topological polar surface area (TPSA) is 62.4 Å². The highest BCUT2D eigenvalue weighted by molar-refractivity contribution is 5.79. The van der Waals surface area contributed by atoms with Crippen LogP contribution in [-0.2, 0) is 4.79 Å². The molecule has 0 spiro atoms. The number of aromatic nitrogens is 1. The zero-order valence-electron chi connectivity index (χ0n) is 13.4. The maximum atomic E-state index is 12.1. The predicted molar refractivity (Wildman–Crippen MR) is 89.7 cm³/mol. The van der Waals surface area contributed by atoms with Crippen LogP contribution in [0.3, 0.4) is 0 Å². The number of carbonyl (C=O) groups excluding carboxylic acids is 1. The third-order valence-corrected chi connectivity index (χ3v) is 4.15. The molecule has 5 nitrogen and oxygen atoms in total. The number of hydrogen-bond donors (Lipinski definition) is 1. The predicted octanol–water partition coefficient (Wildman–Crippen LogP) is 2.70. The van der Waals surface area contributed by atoms with Crippen LogP contribution in [0.25, 0.3) is 10.9 Å². The van der Waals surface area contributed by atoms with E-state index in [1.165, 1.54) is 6.07 Å². The molecule has 0 radical (unpaired) electrons. The molecule has 1 aromatic carbocycles. The summed E-state index contributed by atoms with van der Waals surface area (Å²) in [7, 11) is 0. The Bertz CT molecular complexity index is 749. The molecule has 1 N–H and O–H groups in total. The van der Waals surface area contributed by atoms with Crippen molar-refractivity contribution in [2.24, 2.45) is 0 Å². The van der Waals surface area contributed by atoms with Crippen LogP contribution in [0, 0.1) is 0 Å². The van der Waals surface area contributed by atoms with E-state index in [9.17, 15) is 9.59 Å². The fourth-order valence-corrected chi connectivity index (χ4v) is 2.80. The van der Waals surface area contributed by atoms with Gasteiger partial charge in [-0.15, -0.1) is 0 Å². The zero-order chi connectivity index (χ0) is 16.2. The van der Waals surface area contributed by atoms with Crippen LogP contribution in [0.4, 0.5) is 0 Å². The molecule has 0 saturated heterocycles. The van der Waals surface area contributed by atoms with E-state index >= 15 is 0 Å². The Morgan fingerprint density at radius 1 is 1.30 bits per heavy atom. The number of H-pyrrole nitrogens is 1. The van der Waals surface area contributed by atoms with Crippen molar-refractivity contribution in [2.75, 3.05) is 13.2 Å². The van der Waals surface area contributed by atoms with E-state index in [2.05, 4.69) is 4.98 Å². The normalized spacial score (nSPS) is 14.0. The Kier molecular flexibility index (Phi) is 4.65. The molecule has 0 bridgehead atoms. The Morgan fingerprint density at radius 2 is 2.13 bits per heavy atom. The molecule has 1 aromatic heterocycles. The third-order valence-electron chi connectivity index (χ3n) is 4.15. The second-order valence-corrected chi connectivity index (χ2v) is 5.93. The van der Waals surface area contributed by atoms with Gasteiger partial charge < -0.3 is 14.6 Å². The molecule has 23 heavy (non-hydrogen) atoms. The van der Waals surface area contributed by atoms with Gasteiger partial charge >= 0.3 is 0 Å². The van der Waals surface area contributed by atoms with Gasteiger partial charge in [0.25, 0.3) is 0 Å². The summed E-state index contributed by atoms with van der Waals surface area (Å²) >= 11 is 0. The Balaban J connectivity index is 1.49. The van der Waals surface area contributed by atoms with E-state index in [1.807, 2.05) is 30.0 Å². The maximum Gasteiger partial charge on any atom is 0.248 e. The molecule has 1 amide bonds. The molecule has 3 rings (SSSR count). The summed E-state index contributed by atoms with van der Waals surface area (Å²) in [6, 6.07) is 9.33. The SMILES string of the molecule is CCN(C(=O)CCCOc1ccc2[nH]c(=O)ccc2c1)C1CC1. The van der Waals surface area contributed by atoms with Gasteiger partial charge in [-0.05, 0) is 50.5 Å². The van der Waals surface area contributed by atoms with Gasteiger partial charge in [-0.25, -0.2) is 0 Å². The van der Waals surface area contributed by atoms with Gasteiger partial charge in [0.1, 0.15) is 5.75 Å². The monoisotopic (exact) mass is 314 g/mol. The number of aromatic amines is 1. The number of rotatable bonds is 7. The van der Waals surface area contributed by atoms with E-state index in [-0.39, 0.29) is 11.5 Å². The van der Waals surface area contributed by atoms with Crippen molar-refractivity contribution in [1.29, 1.82) is 0 Å². The van der Waals surface area contributed by atoms with Gasteiger partial charge in [-0.3, -0.25) is 9.59 Å². The van der Waals surface area contributed by atoms with E-state index in [0.717, 1.165) is 36.0 Å². The smallest absolute Gasteiger partial charge is 0.248 e. The summed E-state index contributed by atoms with van der Waals surface area (Å²) in [5.74, 6) is 0.987. The molecule has 1 fully saturated rings. The number of benzene rings is 1. The summed E-state index contributed by atoms with van der Waals surface area (Å²) < 4.78 is 5.72. The lowest BCUT2D eigenvalue weighted by Gasteiger charge is -2.20. The molecule has 122 valence electrons. The fraction of sp³-hybridized carbons (Fsp3) is 0.444. The Morgan fingerprint density at radius 3 is 2.87 bits per heavy atom. The van der Waals surface area contributed by atoms with Crippen molar-refractivity contribution in [2.45, 2.75) is 38.6 Å². The van der Waals surface area contributed by atoms with Crippen LogP contribution in [0.2, 0.25) is 0 Å². The first-order chi connectivity index (χ1) is 11.2. The molecule has 1 saturated carbocycles. The van der Waals surface area contributed by atoms with Crippen molar-refractivity contribution >= 4 is 16.8 Å². The van der Waals surface area contributed by atoms with Gasteiger partial charge in [0.05, 0.1) is 6.61 Å². The van der Waals surface area contributed by atoms with Crippen molar-refractivity contribution in [3.05, 3.63) is 40.7 Å². The van der Waals surface area contributed by atoms with Crippen molar-refractivity contribution in [3.63, 3.8) is 0 Å². The molecule has 0 aliphatic heterocycles. The van der Waals surface area contributed by atoms with Crippen molar-refractivity contribution in [3.8, 4) is 5.75 Å². The quantitative estimate of drug-likeness (QED) is 0.799. The molecule has 1 aliphatic rings. The lowest BCUT2D eigenvalue weighted by atomic mass is 10.2. The first-order valence-electron chi connectivity index (χ1n) is 8.22. The average molecular weight is 314 g/mol. The second kappa shape index (κ2) is 6.86. The molecule has 1 heterocycles. The first-order valence-corrected chi connectivity index (χ1v) is 8.22. The van der Waals surface area contributed by atoms with E-state index in [4.69, 9.17) is 4.74 Å². The van der Waals surface area contributed by atoms with Gasteiger partial charge in [0.15, 0.2) is 0 Å². The summed E-state index contributed by atoms with van der Waals surface area (Å²) in [6.45, 7) is 3.35. The number of nitrogens with one attached hydrogen (secondary N) is 1. The van der Waals surface area contributed by atoms with E-state index in [1.54, 1.807) is 6.07 Å². The molecule has 0 unspecified atom stereocenters. The van der Waals surface area contributed by atoms with Crippen LogP contribution in [0.5, 0.6) is 5.75 Å². The highest BCUT2D eigenvalue weighted by Gasteiger charge is 2.30. The lowest BCUT2D eigenvalue weighted by molar-refractivity contribution is -0.131. The first kappa shape index (κ1) is 15.6. The summed E-state index contributed by atoms with van der Waals surface area (Å²) in [4.78, 5) is 28.1. The number of amides is 1. The number of fused-ring (bicyclic) bond motifs is 1. The third kappa shape index (κ3) is 3.92. The fourth-order valence-electron chi connectivity index (χ4n) is 2.80. The van der Waals surface area contributed by atoms with Crippen molar-refractivity contribution in [1.82, 2.24) is 9.88 Å². The minimum atomic E-state index is -0.110. The van der Waals surface area contributed by atoms with Gasteiger partial charge in [0, 0.05) is 36.0 Å². The highest BCUT2D eigenvalue weighted by atomic mass is 16.5. The van der Waals surface area contributed by atoms with E-state index in [0.29, 0.717) is 25.5 Å². The van der Waals surface area contributed by atoms with Crippen LogP contribution in [0.15, 0.2) is 35.1 Å². The molecule has 0 atom stereocenters. The number of carbonyl (C=O) groups is 1. The van der Waals surface area contributed by atoms with Crippen LogP contribution >= 0.6 is 0 Å². The average Bonchev–Trinajstić information content (AvgIpc) is 3.37. The van der Waals surface area contributed by atoms with Crippen LogP contribution < -0.4 is 10.3 Å². The molecule has 5 heteroatoms. The minimum Gasteiger partial charge on any atom is -0.494 e. The van der Waals surface area contributed by atoms with Crippen molar-refractivity contribution < 1.29 is 9.53 Å². The molecule has 2 aromatic rings. The number of nitrogens with zero attached hydrogens (tertiary/aromatic N) is 1. The maximum absolute atomic E-state index is 12.1. The number of pyridine rings is 1. The summed E-state index contributed by atoms with van der Waals surface area (Å²) in [5, 5.41) is 0.934. The van der Waals surface area contributed by atoms with Gasteiger partial charge in [-0.2, -0.15) is 0 Å². The zero-order valence-corrected chi connectivity index (χ0v) is 13.4. The summed E-state index contributed by atoms with van der Waals surface area (Å²) in [6.07, 6.45) is 3.54. The minimum absolute atomic E-state index is 0.110. The van der Waals surface area contributed by atoms with Crippen LogP contribution in [-0.4, -0.2) is 35.0 Å². The Hall–Kier alpha value is -2.30. The second-order valence-electron chi connectivity index (χ2n) is 5.93. The summed E-state index contributed by atoms with van der Waals surface area (Å²) in [5.41, 5.74) is 0.684. The largest absolute Gasteiger partial charge is 0.494 e. The highest BCUT2D eigenvalue weighted by Crippen LogP contribution is 2.27. The lowest BCUT2D eigenvalue weighted by Crippen LogP contribution is -2.32. The van der Waals surface area contributed by atoms with E-state index < -0.39 is 0 Å². The number of ether oxygens (including phenoxy) is 1.